The largest absolute Gasteiger partial charge is 0.369 e. The van der Waals surface area contributed by atoms with Gasteiger partial charge in [0.25, 0.3) is 0 Å². The second-order valence-corrected chi connectivity index (χ2v) is 10.9. The molecule has 0 amide bonds. The molecule has 4 aromatic rings. The molecule has 1 aliphatic heterocycles. The smallest absolute Gasteiger partial charge is 0.233 e. The minimum absolute atomic E-state index is 0.275. The Balaban J connectivity index is 1.44. The molecule has 190 valence electrons. The molecular weight excluding hydrogens is 490 g/mol. The van der Waals surface area contributed by atoms with E-state index in [0.29, 0.717) is 33.9 Å². The molecule has 0 atom stereocenters. The third-order valence-electron chi connectivity index (χ3n) is 6.35. The maximum Gasteiger partial charge on any atom is 0.233 e. The van der Waals surface area contributed by atoms with E-state index in [-0.39, 0.29) is 6.54 Å². The van der Waals surface area contributed by atoms with Gasteiger partial charge in [0.15, 0.2) is 0 Å². The molecule has 2 N–H and O–H groups in total. The Morgan fingerprint density at radius 1 is 1.16 bits per heavy atom. The lowest BCUT2D eigenvalue weighted by molar-refractivity contribution is 0.589. The molecule has 12 heteroatoms. The van der Waals surface area contributed by atoms with Crippen LogP contribution in [0.4, 0.5) is 23.1 Å². The highest BCUT2D eigenvalue weighted by molar-refractivity contribution is 7.92. The highest BCUT2D eigenvalue weighted by Gasteiger charge is 2.19. The molecule has 1 saturated heterocycles. The summed E-state index contributed by atoms with van der Waals surface area (Å²) in [7, 11) is -2.03. The fourth-order valence-electron chi connectivity index (χ4n) is 4.32. The molecule has 4 heterocycles. The van der Waals surface area contributed by atoms with Gasteiger partial charge in [0.05, 0.1) is 23.8 Å². The van der Waals surface area contributed by atoms with Crippen molar-refractivity contribution in [2.24, 2.45) is 0 Å². The first kappa shape index (κ1) is 24.5. The molecule has 5 rings (SSSR count). The average molecular weight is 518 g/mol. The van der Waals surface area contributed by atoms with E-state index in [1.807, 2.05) is 22.8 Å². The lowest BCUT2D eigenvalue weighted by atomic mass is 10.2. The number of benzene rings is 1. The lowest BCUT2D eigenvalue weighted by Crippen LogP contribution is -2.43. The Labute approximate surface area is 215 Å². The number of aromatic nitrogens is 4. The number of nitrogens with zero attached hydrogens (tertiary/aromatic N) is 7. The van der Waals surface area contributed by atoms with Gasteiger partial charge in [-0.25, -0.2) is 18.4 Å². The molecule has 0 aliphatic carbocycles. The molecular formula is C25H27N9O2S. The number of nitriles is 1. The minimum atomic E-state index is -3.50. The standard InChI is InChI=1S/C25H27N9O2S/c1-32(37(2,35)36)23-18(4-3-9-28-23)16-34-17-19(14-26)22-15-29-25(31-24(22)34)30-20-5-7-21(8-6-20)33-12-10-27-11-13-33/h3-9,15,17,27H,10-13,16H2,1-2H3,(H,29,30,31). The van der Waals surface area contributed by atoms with Crippen molar-refractivity contribution in [3.05, 3.63) is 66.1 Å². The Kier molecular flexibility index (Phi) is 6.64. The minimum Gasteiger partial charge on any atom is -0.369 e. The number of fused-ring (bicyclic) bond motifs is 1. The normalized spacial score (nSPS) is 13.9. The van der Waals surface area contributed by atoms with Crippen molar-refractivity contribution in [2.45, 2.75) is 6.54 Å². The number of piperazine rings is 1. The van der Waals surface area contributed by atoms with Crippen LogP contribution in [0.3, 0.4) is 0 Å². The van der Waals surface area contributed by atoms with Crippen LogP contribution in [-0.4, -0.2) is 67.4 Å². The first-order chi connectivity index (χ1) is 17.8. The Morgan fingerprint density at radius 2 is 1.92 bits per heavy atom. The topological polar surface area (TPSA) is 132 Å². The molecule has 0 unspecified atom stereocenters. The van der Waals surface area contributed by atoms with Crippen molar-refractivity contribution in [2.75, 3.05) is 54.0 Å². The first-order valence-electron chi connectivity index (χ1n) is 11.8. The van der Waals surface area contributed by atoms with E-state index in [9.17, 15) is 13.7 Å². The molecule has 0 saturated carbocycles. The van der Waals surface area contributed by atoms with Crippen LogP contribution in [0.2, 0.25) is 0 Å². The number of hydrogen-bond acceptors (Lipinski definition) is 9. The first-order valence-corrected chi connectivity index (χ1v) is 13.6. The molecule has 1 aromatic carbocycles. The van der Waals surface area contributed by atoms with Gasteiger partial charge >= 0.3 is 0 Å². The summed E-state index contributed by atoms with van der Waals surface area (Å²) in [6, 6.07) is 13.9. The number of rotatable bonds is 7. The Bertz CT molecular complexity index is 1570. The molecule has 11 nitrogen and oxygen atoms in total. The number of sulfonamides is 1. The zero-order chi connectivity index (χ0) is 26.0. The van der Waals surface area contributed by atoms with Crippen LogP contribution in [0.25, 0.3) is 11.0 Å². The van der Waals surface area contributed by atoms with E-state index in [1.165, 1.54) is 12.7 Å². The van der Waals surface area contributed by atoms with E-state index in [1.54, 1.807) is 24.7 Å². The predicted molar refractivity (Wildman–Crippen MR) is 144 cm³/mol. The van der Waals surface area contributed by atoms with Gasteiger partial charge < -0.3 is 20.1 Å². The number of nitrogens with one attached hydrogen (secondary N) is 2. The number of anilines is 4. The van der Waals surface area contributed by atoms with Gasteiger partial charge in [-0.3, -0.25) is 4.31 Å². The highest BCUT2D eigenvalue weighted by atomic mass is 32.2. The summed E-state index contributed by atoms with van der Waals surface area (Å²) in [6.07, 6.45) is 6.00. The Hall–Kier alpha value is -4.21. The van der Waals surface area contributed by atoms with Crippen LogP contribution in [0.15, 0.2) is 55.0 Å². The zero-order valence-electron chi connectivity index (χ0n) is 20.6. The van der Waals surface area contributed by atoms with Gasteiger partial charge in [-0.05, 0) is 30.3 Å². The maximum atomic E-state index is 12.1. The summed E-state index contributed by atoms with van der Waals surface area (Å²) in [5.41, 5.74) is 3.68. The average Bonchev–Trinajstić information content (AvgIpc) is 3.25. The third-order valence-corrected chi connectivity index (χ3v) is 7.51. The van der Waals surface area contributed by atoms with Crippen LogP contribution in [-0.2, 0) is 16.6 Å². The molecule has 3 aromatic heterocycles. The monoisotopic (exact) mass is 517 g/mol. The SMILES string of the molecule is CN(c1ncccc1Cn1cc(C#N)c2cnc(Nc3ccc(N4CCNCC4)cc3)nc21)S(C)(=O)=O. The van der Waals surface area contributed by atoms with Gasteiger partial charge in [-0.1, -0.05) is 6.07 Å². The molecule has 37 heavy (non-hydrogen) atoms. The van der Waals surface area contributed by atoms with E-state index in [2.05, 4.69) is 48.7 Å². The molecule has 0 spiro atoms. The third kappa shape index (κ3) is 5.18. The van der Waals surface area contributed by atoms with Gasteiger partial charge in [0.2, 0.25) is 16.0 Å². The summed E-state index contributed by atoms with van der Waals surface area (Å²) in [5, 5.41) is 16.9. The maximum absolute atomic E-state index is 12.1. The van der Waals surface area contributed by atoms with E-state index in [4.69, 9.17) is 0 Å². The molecule has 1 fully saturated rings. The fraction of sp³-hybridized carbons (Fsp3) is 0.280. The van der Waals surface area contributed by atoms with Crippen molar-refractivity contribution < 1.29 is 8.42 Å². The number of pyridine rings is 1. The van der Waals surface area contributed by atoms with Crippen molar-refractivity contribution in [1.82, 2.24) is 24.8 Å². The van der Waals surface area contributed by atoms with E-state index >= 15 is 0 Å². The fourth-order valence-corrected chi connectivity index (χ4v) is 4.80. The van der Waals surface area contributed by atoms with Gasteiger partial charge in [0, 0.05) is 68.8 Å². The highest BCUT2D eigenvalue weighted by Crippen LogP contribution is 2.26. The molecule has 0 radical (unpaired) electrons. The molecule has 1 aliphatic rings. The van der Waals surface area contributed by atoms with Crippen molar-refractivity contribution in [1.29, 1.82) is 5.26 Å². The lowest BCUT2D eigenvalue weighted by Gasteiger charge is -2.29. The second-order valence-electron chi connectivity index (χ2n) is 8.84. The predicted octanol–water partition coefficient (Wildman–Crippen LogP) is 2.30. The van der Waals surface area contributed by atoms with Crippen LogP contribution in [0.1, 0.15) is 11.1 Å². The zero-order valence-corrected chi connectivity index (χ0v) is 21.4. The summed E-state index contributed by atoms with van der Waals surface area (Å²) >= 11 is 0. The summed E-state index contributed by atoms with van der Waals surface area (Å²) in [5.74, 6) is 0.716. The van der Waals surface area contributed by atoms with Crippen molar-refractivity contribution in [3.63, 3.8) is 0 Å². The van der Waals surface area contributed by atoms with E-state index < -0.39 is 10.0 Å². The Morgan fingerprint density at radius 3 is 2.62 bits per heavy atom. The number of hydrogen-bond donors (Lipinski definition) is 2. The van der Waals surface area contributed by atoms with Crippen LogP contribution < -0.4 is 19.8 Å². The summed E-state index contributed by atoms with van der Waals surface area (Å²) < 4.78 is 27.2. The molecule has 0 bridgehead atoms. The quantitative estimate of drug-likeness (QED) is 0.379. The van der Waals surface area contributed by atoms with Crippen molar-refractivity contribution >= 4 is 44.2 Å². The van der Waals surface area contributed by atoms with Gasteiger partial charge in [-0.15, -0.1) is 0 Å². The second kappa shape index (κ2) is 10.0. The van der Waals surface area contributed by atoms with E-state index in [0.717, 1.165) is 42.4 Å². The summed E-state index contributed by atoms with van der Waals surface area (Å²) in [4.78, 5) is 15.7. The summed E-state index contributed by atoms with van der Waals surface area (Å²) in [6.45, 7) is 4.18. The van der Waals surface area contributed by atoms with Crippen LogP contribution in [0, 0.1) is 11.3 Å². The van der Waals surface area contributed by atoms with Gasteiger partial charge in [0.1, 0.15) is 17.5 Å². The van der Waals surface area contributed by atoms with Crippen LogP contribution >= 0.6 is 0 Å². The van der Waals surface area contributed by atoms with Gasteiger partial charge in [-0.2, -0.15) is 10.2 Å². The van der Waals surface area contributed by atoms with Crippen molar-refractivity contribution in [3.8, 4) is 6.07 Å². The van der Waals surface area contributed by atoms with Crippen LogP contribution in [0.5, 0.6) is 0 Å².